The third kappa shape index (κ3) is 5.23. The first-order valence-corrected chi connectivity index (χ1v) is 7.76. The number of aliphatic imine (C=N–C) groups is 1. The van der Waals surface area contributed by atoms with Crippen LogP contribution in [-0.4, -0.2) is 34.0 Å². The number of guanidine groups is 1. The minimum atomic E-state index is 0.488. The lowest BCUT2D eigenvalue weighted by Crippen LogP contribution is -2.38. The van der Waals surface area contributed by atoms with Gasteiger partial charge in [0.2, 0.25) is 0 Å². The second kappa shape index (κ2) is 8.86. The van der Waals surface area contributed by atoms with Gasteiger partial charge in [0.15, 0.2) is 11.7 Å². The lowest BCUT2D eigenvalue weighted by molar-refractivity contribution is 0.379. The van der Waals surface area contributed by atoms with E-state index in [0.717, 1.165) is 49.9 Å². The predicted molar refractivity (Wildman–Crippen MR) is 85.5 cm³/mol. The van der Waals surface area contributed by atoms with Gasteiger partial charge in [-0.2, -0.15) is 5.10 Å². The molecular weight excluding hydrogens is 280 g/mol. The molecule has 22 heavy (non-hydrogen) atoms. The zero-order chi connectivity index (χ0) is 15.6. The predicted octanol–water partition coefficient (Wildman–Crippen LogP) is 1.58. The first kappa shape index (κ1) is 16.1. The van der Waals surface area contributed by atoms with Crippen LogP contribution in [0.5, 0.6) is 0 Å². The van der Waals surface area contributed by atoms with Gasteiger partial charge in [0, 0.05) is 38.1 Å². The average molecular weight is 304 g/mol. The van der Waals surface area contributed by atoms with E-state index < -0.39 is 0 Å². The molecule has 7 nitrogen and oxygen atoms in total. The first-order chi connectivity index (χ1) is 10.8. The second-order valence-corrected chi connectivity index (χ2v) is 4.88. The van der Waals surface area contributed by atoms with Crippen molar-refractivity contribution in [3.63, 3.8) is 0 Å². The third-order valence-electron chi connectivity index (χ3n) is 3.12. The Hall–Kier alpha value is -2.31. The summed E-state index contributed by atoms with van der Waals surface area (Å²) in [5, 5.41) is 14.7. The van der Waals surface area contributed by atoms with Crippen molar-refractivity contribution in [2.24, 2.45) is 4.99 Å². The number of hydrogen-bond acceptors (Lipinski definition) is 4. The molecule has 2 aromatic rings. The standard InChI is InChI=1S/C15H24N6O/c1-3-13-11-14(22-20-13)12-18-15(16-4-2)17-7-5-9-21-10-6-8-19-21/h6,8,10-11H,3-5,7,9,12H2,1-2H3,(H2,16,17,18). The summed E-state index contributed by atoms with van der Waals surface area (Å²) in [4.78, 5) is 4.50. The molecule has 7 heteroatoms. The van der Waals surface area contributed by atoms with Crippen LogP contribution < -0.4 is 10.6 Å². The lowest BCUT2D eigenvalue weighted by atomic mass is 10.3. The molecule has 2 heterocycles. The van der Waals surface area contributed by atoms with Crippen molar-refractivity contribution in [1.29, 1.82) is 0 Å². The fraction of sp³-hybridized carbons (Fsp3) is 0.533. The van der Waals surface area contributed by atoms with Crippen molar-refractivity contribution in [2.75, 3.05) is 13.1 Å². The summed E-state index contributed by atoms with van der Waals surface area (Å²) < 4.78 is 7.16. The lowest BCUT2D eigenvalue weighted by Gasteiger charge is -2.10. The van der Waals surface area contributed by atoms with Crippen LogP contribution in [-0.2, 0) is 19.5 Å². The molecule has 0 aromatic carbocycles. The molecule has 0 amide bonds. The van der Waals surface area contributed by atoms with Gasteiger partial charge < -0.3 is 15.2 Å². The summed E-state index contributed by atoms with van der Waals surface area (Å²) in [6.07, 6.45) is 5.61. The normalized spacial score (nSPS) is 11.6. The quantitative estimate of drug-likeness (QED) is 0.440. The maximum Gasteiger partial charge on any atom is 0.191 e. The molecule has 2 rings (SSSR count). The highest BCUT2D eigenvalue weighted by Gasteiger charge is 2.03. The van der Waals surface area contributed by atoms with E-state index in [1.165, 1.54) is 0 Å². The van der Waals surface area contributed by atoms with E-state index >= 15 is 0 Å². The molecular formula is C15H24N6O. The van der Waals surface area contributed by atoms with Gasteiger partial charge in [0.1, 0.15) is 6.54 Å². The van der Waals surface area contributed by atoms with E-state index in [-0.39, 0.29) is 0 Å². The number of aryl methyl sites for hydroxylation is 2. The fourth-order valence-corrected chi connectivity index (χ4v) is 1.98. The van der Waals surface area contributed by atoms with Crippen molar-refractivity contribution in [2.45, 2.75) is 39.8 Å². The van der Waals surface area contributed by atoms with Crippen molar-refractivity contribution in [3.05, 3.63) is 36.0 Å². The van der Waals surface area contributed by atoms with Crippen LogP contribution in [0.3, 0.4) is 0 Å². The molecule has 0 bridgehead atoms. The molecule has 0 aliphatic heterocycles. The number of rotatable bonds is 8. The van der Waals surface area contributed by atoms with E-state index in [1.807, 2.05) is 29.9 Å². The largest absolute Gasteiger partial charge is 0.359 e. The Morgan fingerprint density at radius 1 is 1.36 bits per heavy atom. The van der Waals surface area contributed by atoms with Crippen LogP contribution >= 0.6 is 0 Å². The minimum Gasteiger partial charge on any atom is -0.359 e. The number of hydrogen-bond donors (Lipinski definition) is 2. The molecule has 0 saturated carbocycles. The number of nitrogens with zero attached hydrogens (tertiary/aromatic N) is 4. The Morgan fingerprint density at radius 3 is 2.95 bits per heavy atom. The summed E-state index contributed by atoms with van der Waals surface area (Å²) in [5.74, 6) is 1.57. The Morgan fingerprint density at radius 2 is 2.27 bits per heavy atom. The van der Waals surface area contributed by atoms with Gasteiger partial charge in [0.25, 0.3) is 0 Å². The van der Waals surface area contributed by atoms with Crippen molar-refractivity contribution in [1.82, 2.24) is 25.6 Å². The SMILES string of the molecule is CCNC(=NCc1cc(CC)no1)NCCCn1cccn1. The second-order valence-electron chi connectivity index (χ2n) is 4.88. The summed E-state index contributed by atoms with van der Waals surface area (Å²) in [6, 6.07) is 3.88. The molecule has 2 N–H and O–H groups in total. The number of nitrogens with one attached hydrogen (secondary N) is 2. The van der Waals surface area contributed by atoms with Crippen LogP contribution in [0.25, 0.3) is 0 Å². The van der Waals surface area contributed by atoms with Gasteiger partial charge in [-0.25, -0.2) is 4.99 Å². The van der Waals surface area contributed by atoms with E-state index in [0.29, 0.717) is 6.54 Å². The third-order valence-corrected chi connectivity index (χ3v) is 3.12. The van der Waals surface area contributed by atoms with Gasteiger partial charge in [-0.05, 0) is 25.8 Å². The first-order valence-electron chi connectivity index (χ1n) is 7.76. The van der Waals surface area contributed by atoms with Crippen LogP contribution in [0, 0.1) is 0 Å². The maximum atomic E-state index is 5.23. The Kier molecular flexibility index (Phi) is 6.47. The Balaban J connectivity index is 1.76. The summed E-state index contributed by atoms with van der Waals surface area (Å²) >= 11 is 0. The zero-order valence-electron chi connectivity index (χ0n) is 13.2. The van der Waals surface area contributed by atoms with Crippen LogP contribution in [0.15, 0.2) is 34.0 Å². The highest BCUT2D eigenvalue weighted by atomic mass is 16.5. The molecule has 0 fully saturated rings. The van der Waals surface area contributed by atoms with Gasteiger partial charge in [-0.3, -0.25) is 4.68 Å². The zero-order valence-corrected chi connectivity index (χ0v) is 13.2. The van der Waals surface area contributed by atoms with Gasteiger partial charge in [-0.15, -0.1) is 0 Å². The molecule has 2 aromatic heterocycles. The van der Waals surface area contributed by atoms with Crippen LogP contribution in [0.1, 0.15) is 31.7 Å². The van der Waals surface area contributed by atoms with Crippen molar-refractivity contribution >= 4 is 5.96 Å². The van der Waals surface area contributed by atoms with E-state index in [1.54, 1.807) is 6.20 Å². The highest BCUT2D eigenvalue weighted by Crippen LogP contribution is 2.05. The van der Waals surface area contributed by atoms with Gasteiger partial charge >= 0.3 is 0 Å². The molecule has 0 atom stereocenters. The summed E-state index contributed by atoms with van der Waals surface area (Å²) in [7, 11) is 0. The van der Waals surface area contributed by atoms with Crippen LogP contribution in [0.4, 0.5) is 0 Å². The Labute approximate surface area is 130 Å². The topological polar surface area (TPSA) is 80.3 Å². The van der Waals surface area contributed by atoms with Gasteiger partial charge in [0.05, 0.1) is 5.69 Å². The summed E-state index contributed by atoms with van der Waals surface area (Å²) in [6.45, 7) is 7.13. The molecule has 0 unspecified atom stereocenters. The van der Waals surface area contributed by atoms with Crippen molar-refractivity contribution in [3.8, 4) is 0 Å². The van der Waals surface area contributed by atoms with Crippen LogP contribution in [0.2, 0.25) is 0 Å². The monoisotopic (exact) mass is 304 g/mol. The smallest absolute Gasteiger partial charge is 0.191 e. The molecule has 0 aliphatic rings. The molecule has 0 saturated heterocycles. The highest BCUT2D eigenvalue weighted by molar-refractivity contribution is 5.79. The molecule has 0 radical (unpaired) electrons. The molecule has 0 spiro atoms. The fourth-order valence-electron chi connectivity index (χ4n) is 1.98. The van der Waals surface area contributed by atoms with E-state index in [4.69, 9.17) is 4.52 Å². The summed E-state index contributed by atoms with van der Waals surface area (Å²) in [5.41, 5.74) is 0.961. The van der Waals surface area contributed by atoms with Gasteiger partial charge in [-0.1, -0.05) is 12.1 Å². The average Bonchev–Trinajstić information content (AvgIpc) is 3.20. The van der Waals surface area contributed by atoms with E-state index in [2.05, 4.69) is 32.8 Å². The van der Waals surface area contributed by atoms with E-state index in [9.17, 15) is 0 Å². The molecule has 120 valence electrons. The molecule has 0 aliphatic carbocycles. The maximum absolute atomic E-state index is 5.23. The minimum absolute atomic E-state index is 0.488. The Bertz CT molecular complexity index is 560. The number of aromatic nitrogens is 3. The van der Waals surface area contributed by atoms with Crippen molar-refractivity contribution < 1.29 is 4.52 Å².